The molecule has 2 aromatic heterocycles. The summed E-state index contributed by atoms with van der Waals surface area (Å²) in [5.41, 5.74) is 0.731. The van der Waals surface area contributed by atoms with Gasteiger partial charge in [-0.25, -0.2) is 9.78 Å². The van der Waals surface area contributed by atoms with Gasteiger partial charge in [0.2, 0.25) is 12.2 Å². The van der Waals surface area contributed by atoms with Crippen LogP contribution in [0.3, 0.4) is 0 Å². The van der Waals surface area contributed by atoms with E-state index in [0.29, 0.717) is 24.1 Å². The van der Waals surface area contributed by atoms with Crippen LogP contribution in [0.15, 0.2) is 23.0 Å². The van der Waals surface area contributed by atoms with Gasteiger partial charge in [-0.1, -0.05) is 16.8 Å². The van der Waals surface area contributed by atoms with Crippen LogP contribution in [-0.2, 0) is 0 Å². The summed E-state index contributed by atoms with van der Waals surface area (Å²) < 4.78 is 4.74. The van der Waals surface area contributed by atoms with Crippen molar-refractivity contribution in [2.45, 2.75) is 18.9 Å². The third-order valence-corrected chi connectivity index (χ3v) is 3.74. The lowest BCUT2D eigenvalue weighted by Gasteiger charge is -2.32. The molecule has 3 heterocycles. The Morgan fingerprint density at radius 1 is 1.41 bits per heavy atom. The Morgan fingerprint density at radius 3 is 2.82 bits per heavy atom. The molecule has 0 aliphatic carbocycles. The molecule has 1 amide bonds. The minimum absolute atomic E-state index is 0.0235. The summed E-state index contributed by atoms with van der Waals surface area (Å²) in [7, 11) is 0. The molecule has 1 aliphatic heterocycles. The molecule has 3 rings (SSSR count). The first-order valence-electron chi connectivity index (χ1n) is 6.80. The Hall–Kier alpha value is -2.35. The van der Waals surface area contributed by atoms with Crippen LogP contribution >= 0.6 is 11.6 Å². The number of piperidine rings is 1. The number of aromatic nitrogens is 3. The van der Waals surface area contributed by atoms with Gasteiger partial charge in [0.15, 0.2) is 0 Å². The number of anilines is 1. The van der Waals surface area contributed by atoms with Crippen LogP contribution in [-0.4, -0.2) is 45.5 Å². The maximum absolute atomic E-state index is 10.7. The van der Waals surface area contributed by atoms with Crippen molar-refractivity contribution in [3.8, 4) is 11.4 Å². The lowest BCUT2D eigenvalue weighted by Crippen LogP contribution is -2.44. The van der Waals surface area contributed by atoms with Crippen LogP contribution in [0.1, 0.15) is 12.8 Å². The van der Waals surface area contributed by atoms with Gasteiger partial charge >= 0.3 is 6.09 Å². The molecule has 0 bridgehead atoms. The predicted octanol–water partition coefficient (Wildman–Crippen LogP) is 2.02. The van der Waals surface area contributed by atoms with E-state index in [2.05, 4.69) is 25.3 Å². The van der Waals surface area contributed by atoms with Gasteiger partial charge < -0.3 is 19.8 Å². The third-order valence-electron chi connectivity index (χ3n) is 3.55. The van der Waals surface area contributed by atoms with E-state index in [9.17, 15) is 4.79 Å². The minimum Gasteiger partial charge on any atom is -0.465 e. The van der Waals surface area contributed by atoms with Crippen molar-refractivity contribution in [3.05, 3.63) is 23.7 Å². The Balaban J connectivity index is 1.74. The van der Waals surface area contributed by atoms with Gasteiger partial charge in [-0.05, 0) is 25.0 Å². The van der Waals surface area contributed by atoms with Crippen molar-refractivity contribution >= 4 is 23.5 Å². The molecule has 0 aromatic carbocycles. The lowest BCUT2D eigenvalue weighted by molar-refractivity contribution is 0.187. The van der Waals surface area contributed by atoms with Crippen molar-refractivity contribution < 1.29 is 14.4 Å². The molecule has 8 nitrogen and oxygen atoms in total. The second kappa shape index (κ2) is 6.18. The van der Waals surface area contributed by atoms with Gasteiger partial charge in [0.25, 0.3) is 0 Å². The van der Waals surface area contributed by atoms with E-state index < -0.39 is 6.09 Å². The highest BCUT2D eigenvalue weighted by atomic mass is 35.5. The smallest absolute Gasteiger partial charge is 0.404 e. The molecule has 1 saturated heterocycles. The number of nitrogens with zero attached hydrogens (tertiary/aromatic N) is 4. The molecule has 0 unspecified atom stereocenters. The van der Waals surface area contributed by atoms with Gasteiger partial charge in [0.05, 0.1) is 0 Å². The minimum atomic E-state index is -0.987. The third kappa shape index (κ3) is 3.28. The van der Waals surface area contributed by atoms with Crippen LogP contribution in [0.4, 0.5) is 10.6 Å². The maximum Gasteiger partial charge on any atom is 0.404 e. The number of halogens is 1. The van der Waals surface area contributed by atoms with E-state index in [0.717, 1.165) is 24.2 Å². The Kier molecular flexibility index (Phi) is 4.10. The molecule has 1 aliphatic rings. The lowest BCUT2D eigenvalue weighted by atomic mass is 10.1. The van der Waals surface area contributed by atoms with Crippen LogP contribution in [0, 0.1) is 0 Å². The second-order valence-electron chi connectivity index (χ2n) is 5.00. The topological polar surface area (TPSA) is 104 Å². The summed E-state index contributed by atoms with van der Waals surface area (Å²) in [6.07, 6.45) is 1.71. The molecule has 0 atom stereocenters. The molecule has 0 spiro atoms. The van der Waals surface area contributed by atoms with Crippen LogP contribution < -0.4 is 10.2 Å². The normalized spacial score (nSPS) is 15.8. The van der Waals surface area contributed by atoms with E-state index in [-0.39, 0.29) is 6.04 Å². The highest BCUT2D eigenvalue weighted by Gasteiger charge is 2.22. The van der Waals surface area contributed by atoms with Gasteiger partial charge in [-0.2, -0.15) is 4.98 Å². The molecule has 9 heteroatoms. The maximum atomic E-state index is 10.7. The zero-order valence-corrected chi connectivity index (χ0v) is 12.3. The van der Waals surface area contributed by atoms with E-state index >= 15 is 0 Å². The van der Waals surface area contributed by atoms with Crippen molar-refractivity contribution in [3.63, 3.8) is 0 Å². The average Bonchev–Trinajstić information content (AvgIpc) is 3.01. The van der Waals surface area contributed by atoms with Gasteiger partial charge in [0.1, 0.15) is 11.0 Å². The SMILES string of the molecule is O=C(O)NC1CCN(c2cc(-c3ncon3)cc(Cl)n2)CC1. The number of hydrogen-bond donors (Lipinski definition) is 2. The van der Waals surface area contributed by atoms with E-state index in [1.54, 1.807) is 6.07 Å². The first-order valence-corrected chi connectivity index (χ1v) is 7.18. The highest BCUT2D eigenvalue weighted by Crippen LogP contribution is 2.26. The monoisotopic (exact) mass is 323 g/mol. The summed E-state index contributed by atoms with van der Waals surface area (Å²) in [4.78, 5) is 21.0. The number of carboxylic acid groups (broad SMARTS) is 1. The Morgan fingerprint density at radius 2 is 2.18 bits per heavy atom. The zero-order valence-electron chi connectivity index (χ0n) is 11.6. The molecular weight excluding hydrogens is 310 g/mol. The molecule has 0 saturated carbocycles. The number of hydrogen-bond acceptors (Lipinski definition) is 6. The molecule has 2 aromatic rings. The van der Waals surface area contributed by atoms with Gasteiger partial charge in [-0.15, -0.1) is 0 Å². The summed E-state index contributed by atoms with van der Waals surface area (Å²) in [5.74, 6) is 1.18. The van der Waals surface area contributed by atoms with Crippen molar-refractivity contribution in [2.75, 3.05) is 18.0 Å². The largest absolute Gasteiger partial charge is 0.465 e. The van der Waals surface area contributed by atoms with Crippen LogP contribution in [0.2, 0.25) is 5.15 Å². The number of amides is 1. The molecule has 0 radical (unpaired) electrons. The van der Waals surface area contributed by atoms with Crippen molar-refractivity contribution in [1.29, 1.82) is 0 Å². The zero-order chi connectivity index (χ0) is 15.5. The van der Waals surface area contributed by atoms with Gasteiger partial charge in [0, 0.05) is 24.7 Å². The Labute approximate surface area is 131 Å². The molecule has 116 valence electrons. The highest BCUT2D eigenvalue weighted by molar-refractivity contribution is 6.29. The number of nitrogens with one attached hydrogen (secondary N) is 1. The van der Waals surface area contributed by atoms with Gasteiger partial charge in [-0.3, -0.25) is 0 Å². The number of pyridine rings is 1. The summed E-state index contributed by atoms with van der Waals surface area (Å²) >= 11 is 6.07. The fraction of sp³-hybridized carbons (Fsp3) is 0.385. The first-order chi connectivity index (χ1) is 10.6. The number of carbonyl (C=O) groups is 1. The summed E-state index contributed by atoms with van der Waals surface area (Å²) in [5, 5.41) is 15.4. The predicted molar refractivity (Wildman–Crippen MR) is 78.9 cm³/mol. The second-order valence-corrected chi connectivity index (χ2v) is 5.39. The first kappa shape index (κ1) is 14.6. The Bertz CT molecular complexity index is 656. The molecule has 2 N–H and O–H groups in total. The average molecular weight is 324 g/mol. The van der Waals surface area contributed by atoms with Crippen LogP contribution in [0.5, 0.6) is 0 Å². The van der Waals surface area contributed by atoms with Crippen molar-refractivity contribution in [1.82, 2.24) is 20.4 Å². The fourth-order valence-electron chi connectivity index (χ4n) is 2.50. The molecule has 1 fully saturated rings. The van der Waals surface area contributed by atoms with E-state index in [1.807, 2.05) is 6.07 Å². The molecule has 22 heavy (non-hydrogen) atoms. The summed E-state index contributed by atoms with van der Waals surface area (Å²) in [6.45, 7) is 1.40. The van der Waals surface area contributed by atoms with Crippen molar-refractivity contribution in [2.24, 2.45) is 0 Å². The van der Waals surface area contributed by atoms with Crippen LogP contribution in [0.25, 0.3) is 11.4 Å². The standard InChI is InChI=1S/C13H14ClN5O3/c14-10-5-8(12-15-7-22-18-12)6-11(17-10)19-3-1-9(2-4-19)16-13(20)21/h5-7,9,16H,1-4H2,(H,20,21). The van der Waals surface area contributed by atoms with E-state index in [1.165, 1.54) is 6.39 Å². The summed E-state index contributed by atoms with van der Waals surface area (Å²) in [6, 6.07) is 3.50. The quantitative estimate of drug-likeness (QED) is 0.832. The molecular formula is C13H14ClN5O3. The van der Waals surface area contributed by atoms with E-state index in [4.69, 9.17) is 21.2 Å². The fourth-order valence-corrected chi connectivity index (χ4v) is 2.70. The number of rotatable bonds is 3.